The number of para-hydroxylation sites is 1. The van der Waals surface area contributed by atoms with Gasteiger partial charge < -0.3 is 14.3 Å². The van der Waals surface area contributed by atoms with Gasteiger partial charge in [0.05, 0.1) is 25.1 Å². The molecule has 0 saturated heterocycles. The number of ether oxygens (including phenoxy) is 2. The highest BCUT2D eigenvalue weighted by Crippen LogP contribution is 2.22. The summed E-state index contributed by atoms with van der Waals surface area (Å²) in [4.78, 5) is 19.3. The van der Waals surface area contributed by atoms with E-state index in [0.717, 1.165) is 10.2 Å². The lowest BCUT2D eigenvalue weighted by molar-refractivity contribution is -0.110. The Balaban J connectivity index is 0. The van der Waals surface area contributed by atoms with Gasteiger partial charge >= 0.3 is 0 Å². The monoisotopic (exact) mass is 394 g/mol. The van der Waals surface area contributed by atoms with Gasteiger partial charge in [0.1, 0.15) is 12.0 Å². The number of thiol groups is 1. The Morgan fingerprint density at radius 3 is 2.14 bits per heavy atom. The number of benzene rings is 1. The Kier molecular flexibility index (Phi) is 16.5. The van der Waals surface area contributed by atoms with E-state index in [4.69, 9.17) is 4.74 Å². The zero-order valence-corrected chi connectivity index (χ0v) is 15.5. The maximum absolute atomic E-state index is 9.68. The highest BCUT2D eigenvalue weighted by Gasteiger charge is 1.93. The molecule has 0 heterocycles. The predicted molar refractivity (Wildman–Crippen MR) is 95.3 cm³/mol. The molecule has 0 atom stereocenters. The van der Waals surface area contributed by atoms with Gasteiger partial charge in [0, 0.05) is 6.42 Å². The Labute approximate surface area is 144 Å². The Morgan fingerprint density at radius 1 is 1.38 bits per heavy atom. The van der Waals surface area contributed by atoms with Gasteiger partial charge in [-0.2, -0.15) is 0 Å². The average molecular weight is 395 g/mol. The lowest BCUT2D eigenvalue weighted by Gasteiger charge is -1.99. The molecule has 0 saturated carbocycles. The van der Waals surface area contributed by atoms with Crippen LogP contribution in [0.2, 0.25) is 0 Å². The van der Waals surface area contributed by atoms with Crippen molar-refractivity contribution in [3.8, 4) is 5.75 Å². The predicted octanol–water partition coefficient (Wildman–Crippen LogP) is 3.86. The van der Waals surface area contributed by atoms with Gasteiger partial charge in [0.2, 0.25) is 0 Å². The van der Waals surface area contributed by atoms with Crippen LogP contribution in [0.4, 0.5) is 0 Å². The minimum absolute atomic E-state index is 0.0509. The number of halogens is 1. The quantitative estimate of drug-likeness (QED) is 0.477. The normalized spacial score (nSPS) is 8.24. The molecule has 4 nitrogen and oxygen atoms in total. The number of hydrogen-bond donors (Lipinski definition) is 1. The van der Waals surface area contributed by atoms with Crippen molar-refractivity contribution in [2.75, 3.05) is 14.2 Å². The topological polar surface area (TPSA) is 52.6 Å². The third-order valence-electron chi connectivity index (χ3n) is 1.84. The third-order valence-corrected chi connectivity index (χ3v) is 3.14. The lowest BCUT2D eigenvalue weighted by atomic mass is 10.3. The van der Waals surface area contributed by atoms with Gasteiger partial charge in [-0.15, -0.1) is 12.6 Å². The van der Waals surface area contributed by atoms with E-state index < -0.39 is 0 Å². The minimum atomic E-state index is -0.0509. The highest BCUT2D eigenvalue weighted by molar-refractivity contribution is 9.10. The van der Waals surface area contributed by atoms with E-state index in [1.165, 1.54) is 7.11 Å². The summed E-state index contributed by atoms with van der Waals surface area (Å²) < 4.78 is 10.5. The van der Waals surface area contributed by atoms with Crippen molar-refractivity contribution < 1.29 is 19.1 Å². The molecule has 0 radical (unpaired) electrons. The number of carbonyl (C=O) groups is 2. The van der Waals surface area contributed by atoms with E-state index in [0.29, 0.717) is 17.8 Å². The van der Waals surface area contributed by atoms with E-state index in [1.807, 2.05) is 24.3 Å². The van der Waals surface area contributed by atoms with Crippen molar-refractivity contribution in [1.29, 1.82) is 0 Å². The second-order valence-corrected chi connectivity index (χ2v) is 5.14. The fourth-order valence-corrected chi connectivity index (χ4v) is 1.28. The van der Waals surface area contributed by atoms with Gasteiger partial charge in [-0.05, 0) is 40.3 Å². The summed E-state index contributed by atoms with van der Waals surface area (Å²) in [6.07, 6.45) is 1.47. The standard InChI is InChI=1S/C7H7BrO.C4H6O2S.C3H6OS/c1-9-7-5-3-2-4-6(7)8;1-6-4(7)2-3-5;1-2-3(4)5/h2-5H,1H3;3H,2H2,1H3;2H2,1H3,(H,4,5). The molecule has 118 valence electrons. The lowest BCUT2D eigenvalue weighted by Crippen LogP contribution is -1.95. The third kappa shape index (κ3) is 15.3. The van der Waals surface area contributed by atoms with Crippen LogP contribution in [0.5, 0.6) is 5.75 Å². The van der Waals surface area contributed by atoms with E-state index >= 15 is 0 Å². The molecule has 21 heavy (non-hydrogen) atoms. The van der Waals surface area contributed by atoms with E-state index in [1.54, 1.807) is 14.0 Å². The molecule has 0 spiro atoms. The molecular formula is C14H19BrO4S2. The van der Waals surface area contributed by atoms with Crippen molar-refractivity contribution in [2.45, 2.75) is 19.8 Å². The fraction of sp³-hybridized carbons (Fsp3) is 0.357. The van der Waals surface area contributed by atoms with Crippen molar-refractivity contribution in [2.24, 2.45) is 0 Å². The summed E-state index contributed by atoms with van der Waals surface area (Å²) in [7, 11) is 3.10. The number of methoxy groups -OCH3 is 2. The minimum Gasteiger partial charge on any atom is -0.496 e. The highest BCUT2D eigenvalue weighted by atomic mass is 79.9. The number of thiocarbonyl (C=S) groups is 1. The van der Waals surface area contributed by atoms with Crippen LogP contribution in [-0.2, 0) is 14.3 Å². The molecule has 0 aliphatic rings. The summed E-state index contributed by atoms with van der Waals surface area (Å²) >= 11 is 11.3. The number of aldehydes is 1. The first-order valence-electron chi connectivity index (χ1n) is 5.93. The Morgan fingerprint density at radius 2 is 1.90 bits per heavy atom. The molecule has 0 fully saturated rings. The molecular weight excluding hydrogens is 376 g/mol. The summed E-state index contributed by atoms with van der Waals surface area (Å²) in [6.45, 7) is 1.77. The molecule has 0 unspecified atom stereocenters. The zero-order chi connectivity index (χ0) is 16.7. The van der Waals surface area contributed by atoms with Crippen LogP contribution in [0.25, 0.3) is 0 Å². The first-order chi connectivity index (χ1) is 9.92. The van der Waals surface area contributed by atoms with Gasteiger partial charge in [-0.25, -0.2) is 0 Å². The van der Waals surface area contributed by atoms with Gasteiger partial charge in [0.15, 0.2) is 10.2 Å². The van der Waals surface area contributed by atoms with E-state index in [9.17, 15) is 9.59 Å². The van der Waals surface area contributed by atoms with Crippen LogP contribution in [0.3, 0.4) is 0 Å². The summed E-state index contributed by atoms with van der Waals surface area (Å²) in [5.41, 5.74) is 0. The molecule has 1 aromatic rings. The number of carbonyl (C=O) groups excluding carboxylic acids is 2. The Hall–Kier alpha value is -0.920. The smallest absolute Gasteiger partial charge is 0.185 e. The molecule has 7 heteroatoms. The molecule has 1 aromatic carbocycles. The van der Waals surface area contributed by atoms with E-state index in [-0.39, 0.29) is 11.5 Å². The number of hydrogen-bond acceptors (Lipinski definition) is 5. The fourth-order valence-electron chi connectivity index (χ4n) is 0.762. The first-order valence-corrected chi connectivity index (χ1v) is 7.58. The molecule has 0 amide bonds. The summed E-state index contributed by atoms with van der Waals surface area (Å²) in [5.74, 6) is 0.873. The molecule has 0 aliphatic carbocycles. The van der Waals surface area contributed by atoms with Crippen molar-refractivity contribution in [3.05, 3.63) is 28.7 Å². The molecule has 0 aromatic heterocycles. The van der Waals surface area contributed by atoms with Crippen LogP contribution < -0.4 is 4.74 Å². The molecule has 0 N–H and O–H groups in total. The zero-order valence-electron chi connectivity index (χ0n) is 12.2. The van der Waals surface area contributed by atoms with Crippen LogP contribution in [0, 0.1) is 0 Å². The van der Waals surface area contributed by atoms with Crippen LogP contribution in [-0.4, -0.2) is 30.7 Å². The van der Waals surface area contributed by atoms with Gasteiger partial charge in [-0.3, -0.25) is 4.79 Å². The molecule has 0 bridgehead atoms. The summed E-state index contributed by atoms with van der Waals surface area (Å²) in [5, 5.41) is 0.292. The van der Waals surface area contributed by atoms with Gasteiger partial charge in [0.25, 0.3) is 0 Å². The molecule has 1 rings (SSSR count). The van der Waals surface area contributed by atoms with Crippen molar-refractivity contribution >= 4 is 57.2 Å². The van der Waals surface area contributed by atoms with E-state index in [2.05, 4.69) is 45.5 Å². The Bertz CT molecular complexity index is 439. The SMILES string of the molecule is CCC(=O)S.COC(=S)CC=O.COc1ccccc1Br. The maximum Gasteiger partial charge on any atom is 0.185 e. The van der Waals surface area contributed by atoms with Gasteiger partial charge in [-0.1, -0.05) is 19.1 Å². The second kappa shape index (κ2) is 15.5. The van der Waals surface area contributed by atoms with Crippen LogP contribution in [0.1, 0.15) is 19.8 Å². The van der Waals surface area contributed by atoms with Crippen molar-refractivity contribution in [1.82, 2.24) is 0 Å². The molecule has 0 aliphatic heterocycles. The van der Waals surface area contributed by atoms with Crippen LogP contribution in [0.15, 0.2) is 28.7 Å². The largest absolute Gasteiger partial charge is 0.496 e. The number of rotatable bonds is 4. The van der Waals surface area contributed by atoms with Crippen molar-refractivity contribution in [3.63, 3.8) is 0 Å². The summed E-state index contributed by atoms with van der Waals surface area (Å²) in [6, 6.07) is 7.74. The second-order valence-electron chi connectivity index (χ2n) is 3.33. The van der Waals surface area contributed by atoms with Crippen LogP contribution >= 0.6 is 40.8 Å². The first kappa shape index (κ1) is 22.4. The maximum atomic E-state index is 9.68. The average Bonchev–Trinajstić information content (AvgIpc) is 2.49.